The third-order valence-corrected chi connectivity index (χ3v) is 3.11. The molecule has 0 saturated heterocycles. The van der Waals surface area contributed by atoms with Crippen LogP contribution in [-0.2, 0) is 22.7 Å². The van der Waals surface area contributed by atoms with Crippen molar-refractivity contribution < 1.29 is 14.3 Å². The Balaban J connectivity index is 2.05. The molecule has 0 saturated carbocycles. The lowest BCUT2D eigenvalue weighted by molar-refractivity contribution is -0.122. The van der Waals surface area contributed by atoms with Crippen LogP contribution in [0.2, 0.25) is 0 Å². The molecule has 1 aromatic rings. The maximum Gasteiger partial charge on any atom is 0.234 e. The van der Waals surface area contributed by atoms with Crippen molar-refractivity contribution in [1.29, 1.82) is 0 Å². The first-order valence-corrected chi connectivity index (χ1v) is 7.05. The summed E-state index contributed by atoms with van der Waals surface area (Å²) in [5.41, 5.74) is 8.53. The quantitative estimate of drug-likeness (QED) is 0.795. The van der Waals surface area contributed by atoms with E-state index < -0.39 is 0 Å². The molecule has 1 aliphatic rings. The van der Waals surface area contributed by atoms with Crippen LogP contribution in [0, 0.1) is 0 Å². The van der Waals surface area contributed by atoms with Gasteiger partial charge in [0.1, 0.15) is 5.75 Å². The van der Waals surface area contributed by atoms with Gasteiger partial charge in [-0.3, -0.25) is 9.69 Å². The molecule has 2 rings (SSSR count). The van der Waals surface area contributed by atoms with E-state index in [2.05, 4.69) is 5.32 Å². The number of hydrogen-bond acceptors (Lipinski definition) is 5. The van der Waals surface area contributed by atoms with E-state index in [0.717, 1.165) is 16.9 Å². The molecule has 0 spiro atoms. The zero-order valence-electron chi connectivity index (χ0n) is 12.8. The summed E-state index contributed by atoms with van der Waals surface area (Å²) >= 11 is 0. The Morgan fingerprint density at radius 3 is 2.95 bits per heavy atom. The first kappa shape index (κ1) is 15.6. The summed E-state index contributed by atoms with van der Waals surface area (Å²) in [5, 5.41) is 2.88. The number of nitrogens with zero attached hydrogens (tertiary/aromatic N) is 1. The number of fused-ring (bicyclic) bond motifs is 1. The summed E-state index contributed by atoms with van der Waals surface area (Å²) in [6, 6.07) is 3.90. The Morgan fingerprint density at radius 2 is 2.24 bits per heavy atom. The Morgan fingerprint density at radius 1 is 1.48 bits per heavy atom. The van der Waals surface area contributed by atoms with Gasteiger partial charge in [0.05, 0.1) is 13.2 Å². The third kappa shape index (κ3) is 4.34. The average molecular weight is 293 g/mol. The Kier molecular flexibility index (Phi) is 5.03. The van der Waals surface area contributed by atoms with Gasteiger partial charge in [-0.25, -0.2) is 0 Å². The van der Waals surface area contributed by atoms with Crippen LogP contribution >= 0.6 is 0 Å². The van der Waals surface area contributed by atoms with Gasteiger partial charge in [-0.2, -0.15) is 0 Å². The van der Waals surface area contributed by atoms with Gasteiger partial charge in [0.15, 0.2) is 6.79 Å². The molecule has 0 atom stereocenters. The van der Waals surface area contributed by atoms with Gasteiger partial charge in [0.25, 0.3) is 0 Å². The second-order valence-electron chi connectivity index (χ2n) is 5.67. The lowest BCUT2D eigenvalue weighted by Crippen LogP contribution is -2.38. The largest absolute Gasteiger partial charge is 0.467 e. The molecule has 0 unspecified atom stereocenters. The van der Waals surface area contributed by atoms with E-state index in [1.165, 1.54) is 0 Å². The molecule has 1 aromatic carbocycles. The van der Waals surface area contributed by atoms with Gasteiger partial charge in [-0.15, -0.1) is 0 Å². The molecule has 0 aromatic heterocycles. The molecule has 1 heterocycles. The van der Waals surface area contributed by atoms with Crippen LogP contribution in [0.25, 0.3) is 0 Å². The molecule has 21 heavy (non-hydrogen) atoms. The van der Waals surface area contributed by atoms with Crippen LogP contribution in [0.15, 0.2) is 12.1 Å². The number of benzene rings is 1. The number of nitrogens with one attached hydrogen (secondary N) is 1. The standard InChI is InChI=1S/C15H23N3O3/c1-10(2)17-14(19)7-18(3)6-11-4-13(16)5-12-8-20-9-21-15(11)12/h4-5,10H,6-9,16H2,1-3H3,(H,17,19). The van der Waals surface area contributed by atoms with Crippen LogP contribution in [0.1, 0.15) is 25.0 Å². The summed E-state index contributed by atoms with van der Waals surface area (Å²) in [6.07, 6.45) is 0. The molecule has 6 nitrogen and oxygen atoms in total. The first-order chi connectivity index (χ1) is 9.95. The second kappa shape index (κ2) is 6.78. The van der Waals surface area contributed by atoms with Gasteiger partial charge < -0.3 is 20.5 Å². The Labute approximate surface area is 125 Å². The normalized spacial score (nSPS) is 14.0. The van der Waals surface area contributed by atoms with E-state index in [0.29, 0.717) is 25.4 Å². The lowest BCUT2D eigenvalue weighted by atomic mass is 10.1. The first-order valence-electron chi connectivity index (χ1n) is 7.05. The van der Waals surface area contributed by atoms with E-state index in [4.69, 9.17) is 15.2 Å². The fraction of sp³-hybridized carbons (Fsp3) is 0.533. The summed E-state index contributed by atoms with van der Waals surface area (Å²) in [7, 11) is 1.90. The van der Waals surface area contributed by atoms with Crippen molar-refractivity contribution in [1.82, 2.24) is 10.2 Å². The van der Waals surface area contributed by atoms with Crippen LogP contribution in [0.5, 0.6) is 5.75 Å². The summed E-state index contributed by atoms with van der Waals surface area (Å²) in [5.74, 6) is 0.834. The van der Waals surface area contributed by atoms with Crippen LogP contribution in [0.3, 0.4) is 0 Å². The Hall–Kier alpha value is -1.79. The van der Waals surface area contributed by atoms with E-state index in [-0.39, 0.29) is 18.7 Å². The van der Waals surface area contributed by atoms with Gasteiger partial charge in [-0.05, 0) is 33.0 Å². The molecule has 3 N–H and O–H groups in total. The number of nitrogens with two attached hydrogens (primary N) is 1. The molecule has 116 valence electrons. The average Bonchev–Trinajstić information content (AvgIpc) is 2.37. The molecule has 0 bridgehead atoms. The zero-order valence-corrected chi connectivity index (χ0v) is 12.8. The number of carbonyl (C=O) groups excluding carboxylic acids is 1. The van der Waals surface area contributed by atoms with Crippen molar-refractivity contribution in [2.45, 2.75) is 33.0 Å². The molecule has 1 amide bonds. The predicted molar refractivity (Wildman–Crippen MR) is 80.8 cm³/mol. The molecule has 0 radical (unpaired) electrons. The van der Waals surface area contributed by atoms with Gasteiger partial charge in [0, 0.05) is 29.4 Å². The summed E-state index contributed by atoms with van der Waals surface area (Å²) in [4.78, 5) is 13.7. The molecule has 6 heteroatoms. The number of carbonyl (C=O) groups is 1. The van der Waals surface area contributed by atoms with E-state index in [1.54, 1.807) is 0 Å². The molecule has 1 aliphatic heterocycles. The maximum absolute atomic E-state index is 11.8. The highest BCUT2D eigenvalue weighted by Crippen LogP contribution is 2.31. The number of amides is 1. The molecule has 0 aliphatic carbocycles. The van der Waals surface area contributed by atoms with Crippen LogP contribution < -0.4 is 15.8 Å². The summed E-state index contributed by atoms with van der Waals surface area (Å²) in [6.45, 7) is 5.57. The monoisotopic (exact) mass is 293 g/mol. The molecule has 0 fully saturated rings. The Bertz CT molecular complexity index is 517. The van der Waals surface area contributed by atoms with E-state index >= 15 is 0 Å². The number of hydrogen-bond donors (Lipinski definition) is 2. The van der Waals surface area contributed by atoms with E-state index in [1.807, 2.05) is 37.9 Å². The fourth-order valence-corrected chi connectivity index (χ4v) is 2.40. The molecular weight excluding hydrogens is 270 g/mol. The van der Waals surface area contributed by atoms with Crippen molar-refractivity contribution in [3.05, 3.63) is 23.3 Å². The van der Waals surface area contributed by atoms with Crippen molar-refractivity contribution >= 4 is 11.6 Å². The minimum atomic E-state index is 0.00882. The second-order valence-corrected chi connectivity index (χ2v) is 5.67. The zero-order chi connectivity index (χ0) is 15.4. The van der Waals surface area contributed by atoms with Crippen LogP contribution in [-0.4, -0.2) is 37.2 Å². The topological polar surface area (TPSA) is 76.8 Å². The van der Waals surface area contributed by atoms with Crippen molar-refractivity contribution in [3.63, 3.8) is 0 Å². The van der Waals surface area contributed by atoms with Gasteiger partial charge in [0.2, 0.25) is 5.91 Å². The highest BCUT2D eigenvalue weighted by molar-refractivity contribution is 5.78. The van der Waals surface area contributed by atoms with Gasteiger partial charge >= 0.3 is 0 Å². The number of ether oxygens (including phenoxy) is 2. The number of likely N-dealkylation sites (N-methyl/N-ethyl adjacent to an activating group) is 1. The predicted octanol–water partition coefficient (Wildman–Crippen LogP) is 1.09. The SMILES string of the molecule is CC(C)NC(=O)CN(C)Cc1cc(N)cc2c1OCOC2. The minimum absolute atomic E-state index is 0.00882. The van der Waals surface area contributed by atoms with Crippen molar-refractivity contribution in [2.24, 2.45) is 0 Å². The molecular formula is C15H23N3O3. The smallest absolute Gasteiger partial charge is 0.234 e. The van der Waals surface area contributed by atoms with E-state index in [9.17, 15) is 4.79 Å². The number of rotatable bonds is 5. The fourth-order valence-electron chi connectivity index (χ4n) is 2.40. The number of nitrogen functional groups attached to an aromatic ring is 1. The highest BCUT2D eigenvalue weighted by Gasteiger charge is 2.18. The highest BCUT2D eigenvalue weighted by atomic mass is 16.7. The van der Waals surface area contributed by atoms with Crippen molar-refractivity contribution in [3.8, 4) is 5.75 Å². The number of anilines is 1. The maximum atomic E-state index is 11.8. The summed E-state index contributed by atoms with van der Waals surface area (Å²) < 4.78 is 10.8. The minimum Gasteiger partial charge on any atom is -0.467 e. The van der Waals surface area contributed by atoms with Crippen molar-refractivity contribution in [2.75, 3.05) is 26.1 Å². The van der Waals surface area contributed by atoms with Gasteiger partial charge in [-0.1, -0.05) is 0 Å². The third-order valence-electron chi connectivity index (χ3n) is 3.11. The van der Waals surface area contributed by atoms with Crippen LogP contribution in [0.4, 0.5) is 5.69 Å². The lowest BCUT2D eigenvalue weighted by Gasteiger charge is -2.24.